The molecule has 2 saturated carbocycles. The molecule has 0 aliphatic heterocycles. The highest BCUT2D eigenvalue weighted by Gasteiger charge is 2.43. The van der Waals surface area contributed by atoms with Gasteiger partial charge in [0, 0.05) is 35.0 Å². The zero-order valence-electron chi connectivity index (χ0n) is 40.2. The molecule has 2 unspecified atom stereocenters. The number of halogens is 5. The van der Waals surface area contributed by atoms with E-state index < -0.39 is 17.3 Å². The van der Waals surface area contributed by atoms with Crippen LogP contribution in [0, 0.1) is 10.8 Å². The average Bonchev–Trinajstić information content (AvgIpc) is 3.31. The molecule has 0 spiro atoms. The van der Waals surface area contributed by atoms with Gasteiger partial charge in [-0.25, -0.2) is 9.59 Å². The third-order valence-corrected chi connectivity index (χ3v) is 16.5. The van der Waals surface area contributed by atoms with Gasteiger partial charge in [0.25, 0.3) is 11.1 Å². The molecule has 384 valence electrons. The highest BCUT2D eigenvalue weighted by molar-refractivity contribution is 7.98. The standard InChI is InChI=1S/C26H30Cl2N2O3S2.C19H28N2O2S2.C7H3Cl3O/c1-33-24(32)21(30-25(34)26(12-4-13-26)14-5-15-35-2)16-17-8-10-18(11-9-17)29-23(31)22-19(27)6-3-7-20(22)28;1-23-17(22)16(13-14-5-7-15(20)8-6-14)21-18(24)19(9-3-10-19)11-4-12-25-2;8-4-2-1-3-5(9)6(4)7(10)11/h3,6-11,21H,4-5,12-16H2,1-2H3,(H,29,31)(H,30,34);5-8,16H,3-4,9-13,20H2,1-2H3,(H,21,24);1-3H. The van der Waals surface area contributed by atoms with Crippen molar-refractivity contribution < 1.29 is 28.7 Å². The fraction of sp³-hybridized carbons (Fsp3) is 0.423. The molecule has 10 nitrogen and oxygen atoms in total. The highest BCUT2D eigenvalue weighted by atomic mass is 35.5. The van der Waals surface area contributed by atoms with Crippen molar-refractivity contribution in [3.63, 3.8) is 0 Å². The molecule has 4 aromatic carbocycles. The maximum absolute atomic E-state index is 12.6. The number of carbonyl (C=O) groups is 4. The molecule has 0 bridgehead atoms. The molecule has 6 rings (SSSR count). The first-order valence-electron chi connectivity index (χ1n) is 23.0. The van der Waals surface area contributed by atoms with E-state index in [0.29, 0.717) is 24.2 Å². The summed E-state index contributed by atoms with van der Waals surface area (Å²) in [4.78, 5) is 49.7. The molecule has 1 amide bonds. The first-order valence-corrected chi connectivity index (χ1v) is 28.5. The van der Waals surface area contributed by atoms with Gasteiger partial charge in [-0.1, -0.05) is 120 Å². The number of nitrogen functional groups attached to an aromatic ring is 1. The SMILES string of the molecule is COC(=O)C(Cc1ccc(N)cc1)NC(=S)C1(CCCSC)CCC1.COC(=O)C(Cc1ccc(NC(=O)c2c(Cl)cccc2Cl)cc1)NC(=S)C1(CCCSC)CCC1.O=C(Cl)c1c(Cl)cccc1Cl. The van der Waals surface area contributed by atoms with E-state index in [1.807, 2.05) is 59.9 Å². The number of thioether (sulfide) groups is 2. The lowest BCUT2D eigenvalue weighted by Gasteiger charge is -2.43. The molecular weight excluding hydrogens is 1080 g/mol. The Kier molecular flexibility index (Phi) is 25.6. The van der Waals surface area contributed by atoms with Gasteiger partial charge in [-0.15, -0.1) is 0 Å². The Morgan fingerprint density at radius 2 is 1.01 bits per heavy atom. The summed E-state index contributed by atoms with van der Waals surface area (Å²) in [5, 5.41) is 9.93. The van der Waals surface area contributed by atoms with Crippen molar-refractivity contribution in [3.05, 3.63) is 127 Å². The molecule has 2 fully saturated rings. The predicted octanol–water partition coefficient (Wildman–Crippen LogP) is 13.5. The number of hydrogen-bond donors (Lipinski definition) is 4. The number of carbonyl (C=O) groups excluding carboxylic acids is 4. The molecule has 0 radical (unpaired) electrons. The summed E-state index contributed by atoms with van der Waals surface area (Å²) < 4.78 is 10.0. The summed E-state index contributed by atoms with van der Waals surface area (Å²) in [5.74, 6) is 1.24. The van der Waals surface area contributed by atoms with Crippen LogP contribution in [0.1, 0.15) is 96.1 Å². The number of methoxy groups -OCH3 is 2. The number of rotatable bonds is 21. The minimum atomic E-state index is -0.638. The van der Waals surface area contributed by atoms with Crippen LogP contribution in [0.25, 0.3) is 0 Å². The van der Waals surface area contributed by atoms with Gasteiger partial charge in [-0.3, -0.25) is 9.59 Å². The molecule has 2 aliphatic carbocycles. The molecule has 0 heterocycles. The van der Waals surface area contributed by atoms with Crippen LogP contribution >= 0.6 is 106 Å². The second-order valence-corrected chi connectivity index (χ2v) is 22.1. The number of benzene rings is 4. The lowest BCUT2D eigenvalue weighted by molar-refractivity contribution is -0.143. The molecule has 5 N–H and O–H groups in total. The van der Waals surface area contributed by atoms with Crippen LogP contribution in [0.4, 0.5) is 11.4 Å². The third kappa shape index (κ3) is 18.0. The van der Waals surface area contributed by atoms with Crippen molar-refractivity contribution in [1.29, 1.82) is 0 Å². The Morgan fingerprint density at radius 1 is 0.634 bits per heavy atom. The van der Waals surface area contributed by atoms with Crippen LogP contribution in [0.5, 0.6) is 0 Å². The van der Waals surface area contributed by atoms with Crippen molar-refractivity contribution in [2.24, 2.45) is 10.8 Å². The van der Waals surface area contributed by atoms with Crippen LogP contribution in [0.15, 0.2) is 84.9 Å². The van der Waals surface area contributed by atoms with Gasteiger partial charge >= 0.3 is 11.9 Å². The summed E-state index contributed by atoms with van der Waals surface area (Å²) in [7, 11) is 2.80. The summed E-state index contributed by atoms with van der Waals surface area (Å²) in [5.41, 5.74) is 9.44. The summed E-state index contributed by atoms with van der Waals surface area (Å²) in [6.07, 6.45) is 16.3. The Labute approximate surface area is 462 Å². The van der Waals surface area contributed by atoms with E-state index in [2.05, 4.69) is 28.5 Å². The van der Waals surface area contributed by atoms with E-state index in [-0.39, 0.29) is 59.9 Å². The van der Waals surface area contributed by atoms with Crippen LogP contribution in [-0.4, -0.2) is 83.4 Å². The second kappa shape index (κ2) is 30.2. The van der Waals surface area contributed by atoms with Gasteiger partial charge in [-0.05, 0) is 147 Å². The van der Waals surface area contributed by atoms with Crippen molar-refractivity contribution in [2.45, 2.75) is 89.1 Å². The average molecular weight is 1140 g/mol. The van der Waals surface area contributed by atoms with E-state index in [1.54, 1.807) is 48.5 Å². The van der Waals surface area contributed by atoms with Gasteiger partial charge in [-0.2, -0.15) is 23.5 Å². The van der Waals surface area contributed by atoms with Crippen molar-refractivity contribution >= 4 is 150 Å². The van der Waals surface area contributed by atoms with Crippen LogP contribution in [-0.2, 0) is 31.9 Å². The fourth-order valence-electron chi connectivity index (χ4n) is 8.24. The summed E-state index contributed by atoms with van der Waals surface area (Å²) >= 11 is 44.0. The van der Waals surface area contributed by atoms with E-state index in [9.17, 15) is 19.2 Å². The number of thiocarbonyl (C=S) groups is 2. The molecule has 2 aliphatic rings. The number of esters is 2. The monoisotopic (exact) mass is 1140 g/mol. The quantitative estimate of drug-likeness (QED) is 0.0206. The Hall–Kier alpha value is -3.31. The first kappa shape index (κ1) is 60.2. The highest BCUT2D eigenvalue weighted by Crippen LogP contribution is 2.47. The number of ether oxygens (including phenoxy) is 2. The van der Waals surface area contributed by atoms with Gasteiger partial charge in [0.15, 0.2) is 0 Å². The van der Waals surface area contributed by atoms with Crippen LogP contribution in [0.2, 0.25) is 20.1 Å². The Bertz CT molecular complexity index is 2400. The summed E-state index contributed by atoms with van der Waals surface area (Å²) in [6, 6.07) is 23.5. The van der Waals surface area contributed by atoms with E-state index >= 15 is 0 Å². The lowest BCUT2D eigenvalue weighted by Crippen LogP contribution is -2.51. The second-order valence-electron chi connectivity index (χ2n) is 17.3. The normalized spacial score (nSPS) is 14.7. The number of amides is 1. The molecule has 19 heteroatoms. The van der Waals surface area contributed by atoms with E-state index in [1.165, 1.54) is 20.6 Å². The van der Waals surface area contributed by atoms with Crippen molar-refractivity contribution in [3.8, 4) is 0 Å². The molecular formula is C52H61Cl5N4O6S4. The third-order valence-electron chi connectivity index (χ3n) is 12.6. The van der Waals surface area contributed by atoms with Gasteiger partial charge in [0.1, 0.15) is 12.1 Å². The molecule has 0 aromatic heterocycles. The predicted molar refractivity (Wildman–Crippen MR) is 307 cm³/mol. The number of hydrogen-bond acceptors (Lipinski definition) is 11. The first-order chi connectivity index (χ1) is 33.9. The molecule has 0 saturated heterocycles. The van der Waals surface area contributed by atoms with Gasteiger partial charge < -0.3 is 31.2 Å². The Balaban J connectivity index is 0.000000263. The fourth-order valence-corrected chi connectivity index (χ4v) is 11.4. The van der Waals surface area contributed by atoms with Crippen molar-refractivity contribution in [1.82, 2.24) is 10.6 Å². The maximum atomic E-state index is 12.6. The van der Waals surface area contributed by atoms with Crippen LogP contribution < -0.4 is 21.7 Å². The number of nitrogens with two attached hydrogens (primary N) is 1. The zero-order valence-corrected chi connectivity index (χ0v) is 47.2. The molecule has 4 aromatic rings. The number of anilines is 2. The molecule has 71 heavy (non-hydrogen) atoms. The summed E-state index contributed by atoms with van der Waals surface area (Å²) in [6.45, 7) is 0. The van der Waals surface area contributed by atoms with Crippen molar-refractivity contribution in [2.75, 3.05) is 49.3 Å². The maximum Gasteiger partial charge on any atom is 0.328 e. The number of nitrogens with one attached hydrogen (secondary N) is 3. The minimum Gasteiger partial charge on any atom is -0.467 e. The topological polar surface area (TPSA) is 149 Å². The van der Waals surface area contributed by atoms with E-state index in [4.69, 9.17) is 97.6 Å². The van der Waals surface area contributed by atoms with Gasteiger partial charge in [0.2, 0.25) is 0 Å². The van der Waals surface area contributed by atoms with Gasteiger partial charge in [0.05, 0.1) is 55.4 Å². The molecule has 2 atom stereocenters. The zero-order chi connectivity index (χ0) is 52.1. The van der Waals surface area contributed by atoms with Crippen LogP contribution in [0.3, 0.4) is 0 Å². The van der Waals surface area contributed by atoms with E-state index in [0.717, 1.165) is 90.4 Å². The Morgan fingerprint density at radius 3 is 1.34 bits per heavy atom. The minimum absolute atomic E-state index is 0.00847. The lowest BCUT2D eigenvalue weighted by atomic mass is 9.66. The largest absolute Gasteiger partial charge is 0.467 e. The smallest absolute Gasteiger partial charge is 0.328 e.